The minimum Gasteiger partial charge on any atom is -0.311 e. The van der Waals surface area contributed by atoms with Gasteiger partial charge < -0.3 is 4.90 Å². The molecule has 0 atom stereocenters. The van der Waals surface area contributed by atoms with Crippen LogP contribution in [0.4, 0.5) is 5.69 Å². The molecule has 0 fully saturated rings. The summed E-state index contributed by atoms with van der Waals surface area (Å²) in [5, 5.41) is 0. The molecule has 23 heavy (non-hydrogen) atoms. The Morgan fingerprint density at radius 2 is 1.91 bits per heavy atom. The Morgan fingerprint density at radius 3 is 2.70 bits per heavy atom. The monoisotopic (exact) mass is 372 g/mol. The molecule has 1 amide bonds. The minimum absolute atomic E-state index is 0.178. The summed E-state index contributed by atoms with van der Waals surface area (Å²) in [4.78, 5) is 16.7. The Balaban J connectivity index is 1.64. The highest BCUT2D eigenvalue weighted by Gasteiger charge is 2.22. The van der Waals surface area contributed by atoms with Gasteiger partial charge in [0.2, 0.25) is 5.91 Å². The average Bonchev–Trinajstić information content (AvgIpc) is 2.56. The van der Waals surface area contributed by atoms with Crippen LogP contribution in [0, 0.1) is 0 Å². The molecule has 0 bridgehead atoms. The third-order valence-corrected chi connectivity index (χ3v) is 4.71. The van der Waals surface area contributed by atoms with Crippen LogP contribution in [-0.4, -0.2) is 30.9 Å². The number of nitrogens with zero attached hydrogens (tertiary/aromatic N) is 2. The van der Waals surface area contributed by atoms with Gasteiger partial charge in [-0.25, -0.2) is 0 Å². The van der Waals surface area contributed by atoms with E-state index < -0.39 is 0 Å². The first kappa shape index (κ1) is 16.2. The van der Waals surface area contributed by atoms with Crippen LogP contribution >= 0.6 is 15.9 Å². The van der Waals surface area contributed by atoms with Gasteiger partial charge in [0.05, 0.1) is 6.54 Å². The van der Waals surface area contributed by atoms with Crippen molar-refractivity contribution in [1.29, 1.82) is 0 Å². The summed E-state index contributed by atoms with van der Waals surface area (Å²) in [6, 6.07) is 16.5. The SMILES string of the molecule is CN(CC(=O)N1CCCc2ccccc21)Cc1ccc(Br)cc1. The molecule has 1 aliphatic heterocycles. The summed E-state index contributed by atoms with van der Waals surface area (Å²) in [6.45, 7) is 2.03. The third-order valence-electron chi connectivity index (χ3n) is 4.18. The molecule has 0 N–H and O–H groups in total. The molecule has 3 rings (SSSR count). The lowest BCUT2D eigenvalue weighted by molar-refractivity contribution is -0.119. The number of anilines is 1. The predicted molar refractivity (Wildman–Crippen MR) is 97.6 cm³/mol. The van der Waals surface area contributed by atoms with Gasteiger partial charge in [0.15, 0.2) is 0 Å². The molecular weight excluding hydrogens is 352 g/mol. The molecule has 0 saturated carbocycles. The number of carbonyl (C=O) groups is 1. The molecule has 3 nitrogen and oxygen atoms in total. The smallest absolute Gasteiger partial charge is 0.241 e. The van der Waals surface area contributed by atoms with Crippen LogP contribution < -0.4 is 4.90 Å². The first-order valence-corrected chi connectivity index (χ1v) is 8.74. The van der Waals surface area contributed by atoms with Crippen LogP contribution in [0.15, 0.2) is 53.0 Å². The number of hydrogen-bond acceptors (Lipinski definition) is 2. The average molecular weight is 373 g/mol. The van der Waals surface area contributed by atoms with E-state index in [-0.39, 0.29) is 5.91 Å². The zero-order chi connectivity index (χ0) is 16.2. The van der Waals surface area contributed by atoms with Crippen molar-refractivity contribution in [2.24, 2.45) is 0 Å². The standard InChI is InChI=1S/C19H21BrN2O/c1-21(13-15-8-10-17(20)11-9-15)14-19(23)22-12-4-6-16-5-2-3-7-18(16)22/h2-3,5,7-11H,4,6,12-14H2,1H3. The van der Waals surface area contributed by atoms with Gasteiger partial charge in [-0.15, -0.1) is 0 Å². The van der Waals surface area contributed by atoms with Gasteiger partial charge in [-0.3, -0.25) is 9.69 Å². The summed E-state index contributed by atoms with van der Waals surface area (Å²) >= 11 is 3.45. The lowest BCUT2D eigenvalue weighted by atomic mass is 10.0. The van der Waals surface area contributed by atoms with Crippen LogP contribution in [0.2, 0.25) is 0 Å². The first-order chi connectivity index (χ1) is 11.1. The normalized spacial score (nSPS) is 14.0. The molecule has 2 aromatic carbocycles. The summed E-state index contributed by atoms with van der Waals surface area (Å²) in [6.07, 6.45) is 2.11. The maximum absolute atomic E-state index is 12.7. The Morgan fingerprint density at radius 1 is 1.17 bits per heavy atom. The predicted octanol–water partition coefficient (Wildman–Crippen LogP) is 3.86. The molecule has 2 aromatic rings. The van der Waals surface area contributed by atoms with E-state index in [1.165, 1.54) is 11.1 Å². The second-order valence-electron chi connectivity index (χ2n) is 6.08. The summed E-state index contributed by atoms with van der Waals surface area (Å²) < 4.78 is 1.07. The fourth-order valence-electron chi connectivity index (χ4n) is 3.07. The summed E-state index contributed by atoms with van der Waals surface area (Å²) in [5.74, 6) is 0.178. The molecule has 0 aliphatic carbocycles. The van der Waals surface area contributed by atoms with Crippen molar-refractivity contribution < 1.29 is 4.79 Å². The molecule has 0 aromatic heterocycles. The molecule has 120 valence electrons. The van der Waals surface area contributed by atoms with Crippen LogP contribution in [0.25, 0.3) is 0 Å². The number of halogens is 1. The number of likely N-dealkylation sites (N-methyl/N-ethyl adjacent to an activating group) is 1. The van der Waals surface area contributed by atoms with E-state index >= 15 is 0 Å². The van der Waals surface area contributed by atoms with Gasteiger partial charge in [0.25, 0.3) is 0 Å². The van der Waals surface area contributed by atoms with Crippen molar-refractivity contribution in [3.63, 3.8) is 0 Å². The minimum atomic E-state index is 0.178. The number of aryl methyl sites for hydroxylation is 1. The lowest BCUT2D eigenvalue weighted by Gasteiger charge is -2.31. The van der Waals surface area contributed by atoms with E-state index in [9.17, 15) is 4.79 Å². The molecule has 0 radical (unpaired) electrons. The van der Waals surface area contributed by atoms with Crippen LogP contribution in [0.3, 0.4) is 0 Å². The van der Waals surface area contributed by atoms with Crippen LogP contribution in [-0.2, 0) is 17.8 Å². The van der Waals surface area contributed by atoms with Gasteiger partial charge >= 0.3 is 0 Å². The second-order valence-corrected chi connectivity index (χ2v) is 6.99. The highest BCUT2D eigenvalue weighted by molar-refractivity contribution is 9.10. The number of fused-ring (bicyclic) bond motifs is 1. The van der Waals surface area contributed by atoms with Crippen molar-refractivity contribution in [3.8, 4) is 0 Å². The molecule has 1 aliphatic rings. The van der Waals surface area contributed by atoms with Crippen LogP contribution in [0.5, 0.6) is 0 Å². The maximum Gasteiger partial charge on any atom is 0.241 e. The molecule has 0 spiro atoms. The first-order valence-electron chi connectivity index (χ1n) is 7.95. The Labute approximate surface area is 146 Å². The highest BCUT2D eigenvalue weighted by Crippen LogP contribution is 2.26. The van der Waals surface area contributed by atoms with E-state index in [1.54, 1.807) is 0 Å². The van der Waals surface area contributed by atoms with Gasteiger partial charge in [0.1, 0.15) is 0 Å². The van der Waals surface area contributed by atoms with Crippen molar-refractivity contribution >= 4 is 27.5 Å². The fraction of sp³-hybridized carbons (Fsp3) is 0.316. The van der Waals surface area contributed by atoms with Crippen molar-refractivity contribution in [2.75, 3.05) is 25.0 Å². The summed E-state index contributed by atoms with van der Waals surface area (Å²) in [5.41, 5.74) is 3.57. The molecule has 0 unspecified atom stereocenters. The second kappa shape index (κ2) is 7.28. The molecule has 0 saturated heterocycles. The Bertz CT molecular complexity index is 684. The number of amides is 1. The van der Waals surface area contributed by atoms with Crippen molar-refractivity contribution in [2.45, 2.75) is 19.4 Å². The van der Waals surface area contributed by atoms with E-state index in [0.717, 1.165) is 36.1 Å². The fourth-order valence-corrected chi connectivity index (χ4v) is 3.33. The highest BCUT2D eigenvalue weighted by atomic mass is 79.9. The zero-order valence-corrected chi connectivity index (χ0v) is 14.9. The zero-order valence-electron chi connectivity index (χ0n) is 13.3. The summed E-state index contributed by atoms with van der Waals surface area (Å²) in [7, 11) is 2.00. The Kier molecular flexibility index (Phi) is 5.13. The largest absolute Gasteiger partial charge is 0.311 e. The third kappa shape index (κ3) is 4.01. The lowest BCUT2D eigenvalue weighted by Crippen LogP contribution is -2.41. The molecular formula is C19H21BrN2O. The van der Waals surface area contributed by atoms with Gasteiger partial charge in [0, 0.05) is 23.2 Å². The van der Waals surface area contributed by atoms with Gasteiger partial charge in [-0.05, 0) is 49.2 Å². The molecule has 4 heteroatoms. The number of carbonyl (C=O) groups excluding carboxylic acids is 1. The van der Waals surface area contributed by atoms with Crippen LogP contribution in [0.1, 0.15) is 17.5 Å². The van der Waals surface area contributed by atoms with Crippen molar-refractivity contribution in [3.05, 3.63) is 64.1 Å². The number of para-hydroxylation sites is 1. The Hall–Kier alpha value is -1.65. The van der Waals surface area contributed by atoms with Gasteiger partial charge in [-0.2, -0.15) is 0 Å². The van der Waals surface area contributed by atoms with E-state index in [2.05, 4.69) is 45.1 Å². The quantitative estimate of drug-likeness (QED) is 0.813. The maximum atomic E-state index is 12.7. The number of rotatable bonds is 4. The molecule has 1 heterocycles. The van der Waals surface area contributed by atoms with Gasteiger partial charge in [-0.1, -0.05) is 46.3 Å². The number of hydrogen-bond donors (Lipinski definition) is 0. The van der Waals surface area contributed by atoms with E-state index in [1.807, 2.05) is 36.2 Å². The van der Waals surface area contributed by atoms with E-state index in [0.29, 0.717) is 6.54 Å². The van der Waals surface area contributed by atoms with Crippen molar-refractivity contribution in [1.82, 2.24) is 4.90 Å². The number of benzene rings is 2. The van der Waals surface area contributed by atoms with E-state index in [4.69, 9.17) is 0 Å². The topological polar surface area (TPSA) is 23.6 Å².